The maximum atomic E-state index is 12.6. The number of ether oxygens (including phenoxy) is 1. The second-order valence-corrected chi connectivity index (χ2v) is 8.47. The Kier molecular flexibility index (Phi) is 6.75. The molecule has 1 amide bonds. The number of hydrogen-bond donors (Lipinski definition) is 1. The van der Waals surface area contributed by atoms with Gasteiger partial charge < -0.3 is 14.6 Å². The molecule has 0 aliphatic rings. The average Bonchev–Trinajstić information content (AvgIpc) is 3.21. The lowest BCUT2D eigenvalue weighted by Crippen LogP contribution is -2.15. The van der Waals surface area contributed by atoms with E-state index in [1.54, 1.807) is 0 Å². The zero-order valence-corrected chi connectivity index (χ0v) is 19.2. The Morgan fingerprint density at radius 1 is 1.09 bits per heavy atom. The van der Waals surface area contributed by atoms with E-state index in [1.807, 2.05) is 92.1 Å². The van der Waals surface area contributed by atoms with Gasteiger partial charge in [0.1, 0.15) is 5.75 Å². The van der Waals surface area contributed by atoms with Crippen molar-refractivity contribution in [2.75, 3.05) is 11.1 Å². The van der Waals surface area contributed by atoms with Crippen molar-refractivity contribution in [2.24, 2.45) is 0 Å². The molecule has 1 unspecified atom stereocenters. The maximum Gasteiger partial charge on any atom is 0.234 e. The molecule has 32 heavy (non-hydrogen) atoms. The molecule has 4 aromatic rings. The fourth-order valence-electron chi connectivity index (χ4n) is 3.60. The minimum atomic E-state index is -0.261. The molecule has 3 aromatic carbocycles. The summed E-state index contributed by atoms with van der Waals surface area (Å²) in [4.78, 5) is 12.6. The smallest absolute Gasteiger partial charge is 0.234 e. The highest BCUT2D eigenvalue weighted by Gasteiger charge is 2.19. The predicted molar refractivity (Wildman–Crippen MR) is 129 cm³/mol. The zero-order chi connectivity index (χ0) is 22.5. The third-order valence-corrected chi connectivity index (χ3v) is 6.09. The first-order chi connectivity index (χ1) is 15.5. The highest BCUT2D eigenvalue weighted by Crippen LogP contribution is 2.26. The molecule has 0 saturated heterocycles. The van der Waals surface area contributed by atoms with Gasteiger partial charge in [-0.25, -0.2) is 0 Å². The number of carbonyl (C=O) groups excluding carboxylic acids is 1. The third-order valence-electron chi connectivity index (χ3n) is 5.12. The van der Waals surface area contributed by atoms with Gasteiger partial charge in [-0.3, -0.25) is 4.79 Å². The molecule has 0 saturated carbocycles. The molecule has 0 bridgehead atoms. The molecule has 164 valence electrons. The Hall–Kier alpha value is -3.32. The van der Waals surface area contributed by atoms with Gasteiger partial charge in [0.25, 0.3) is 0 Å². The van der Waals surface area contributed by atoms with Gasteiger partial charge in [0.15, 0.2) is 17.1 Å². The van der Waals surface area contributed by atoms with Gasteiger partial charge in [-0.05, 0) is 49.9 Å². The number of aromatic nitrogens is 3. The summed E-state index contributed by atoms with van der Waals surface area (Å²) in [6.07, 6.45) is -0.261. The molecule has 1 heterocycles. The molecular weight excluding hydrogens is 420 g/mol. The van der Waals surface area contributed by atoms with Gasteiger partial charge in [0.05, 0.1) is 5.75 Å². The lowest BCUT2D eigenvalue weighted by atomic mass is 10.1. The van der Waals surface area contributed by atoms with Crippen LogP contribution in [0.15, 0.2) is 71.9 Å². The van der Waals surface area contributed by atoms with E-state index in [4.69, 9.17) is 4.74 Å². The van der Waals surface area contributed by atoms with E-state index in [0.717, 1.165) is 33.6 Å². The van der Waals surface area contributed by atoms with Crippen LogP contribution in [0.2, 0.25) is 0 Å². The first-order valence-electron chi connectivity index (χ1n) is 10.6. The predicted octanol–water partition coefficient (Wildman–Crippen LogP) is 5.63. The minimum absolute atomic E-state index is 0.0809. The Labute approximate surface area is 192 Å². The van der Waals surface area contributed by atoms with Crippen molar-refractivity contribution in [2.45, 2.75) is 38.6 Å². The number of nitrogens with one attached hydrogen (secondary N) is 1. The van der Waals surface area contributed by atoms with Crippen molar-refractivity contribution < 1.29 is 9.53 Å². The zero-order valence-electron chi connectivity index (χ0n) is 18.4. The molecular formula is C25H26N4O2S. The van der Waals surface area contributed by atoms with E-state index in [1.165, 1.54) is 11.8 Å². The number of aryl methyl sites for hydroxylation is 1. The summed E-state index contributed by atoms with van der Waals surface area (Å²) in [6, 6.07) is 21.8. The van der Waals surface area contributed by atoms with Crippen LogP contribution in [0.3, 0.4) is 0 Å². The summed E-state index contributed by atoms with van der Waals surface area (Å²) in [6.45, 7) is 6.72. The molecule has 6 nitrogen and oxygen atoms in total. The highest BCUT2D eigenvalue weighted by atomic mass is 32.2. The molecule has 7 heteroatoms. The summed E-state index contributed by atoms with van der Waals surface area (Å²) in [5.74, 6) is 1.70. The monoisotopic (exact) mass is 446 g/mol. The maximum absolute atomic E-state index is 12.6. The van der Waals surface area contributed by atoms with Crippen LogP contribution in [-0.4, -0.2) is 26.4 Å². The van der Waals surface area contributed by atoms with Crippen LogP contribution >= 0.6 is 11.8 Å². The fraction of sp³-hybridized carbons (Fsp3) is 0.240. The van der Waals surface area contributed by atoms with Gasteiger partial charge in [0.2, 0.25) is 5.91 Å². The van der Waals surface area contributed by atoms with Crippen LogP contribution in [-0.2, 0) is 11.3 Å². The van der Waals surface area contributed by atoms with Gasteiger partial charge in [-0.1, -0.05) is 60.3 Å². The van der Waals surface area contributed by atoms with Crippen molar-refractivity contribution in [3.05, 3.63) is 78.1 Å². The van der Waals surface area contributed by atoms with E-state index in [-0.39, 0.29) is 17.8 Å². The molecule has 1 aromatic heterocycles. The molecule has 0 fully saturated rings. The second-order valence-electron chi connectivity index (χ2n) is 7.53. The van der Waals surface area contributed by atoms with E-state index in [2.05, 4.69) is 15.5 Å². The fourth-order valence-corrected chi connectivity index (χ4v) is 4.41. The molecule has 4 rings (SSSR count). The van der Waals surface area contributed by atoms with Gasteiger partial charge in [-0.2, -0.15) is 0 Å². The lowest BCUT2D eigenvalue weighted by Gasteiger charge is -2.16. The van der Waals surface area contributed by atoms with Crippen molar-refractivity contribution in [3.8, 4) is 5.75 Å². The number of nitrogens with zero attached hydrogens (tertiary/aromatic N) is 3. The summed E-state index contributed by atoms with van der Waals surface area (Å²) in [7, 11) is 0. The van der Waals surface area contributed by atoms with E-state index >= 15 is 0 Å². The first kappa shape index (κ1) is 21.9. The quantitative estimate of drug-likeness (QED) is 0.355. The number of anilines is 1. The van der Waals surface area contributed by atoms with Crippen LogP contribution < -0.4 is 10.1 Å². The lowest BCUT2D eigenvalue weighted by molar-refractivity contribution is -0.113. The van der Waals surface area contributed by atoms with Gasteiger partial charge in [-0.15, -0.1) is 10.2 Å². The third kappa shape index (κ3) is 4.94. The van der Waals surface area contributed by atoms with Crippen molar-refractivity contribution >= 4 is 34.1 Å². The molecule has 0 aliphatic heterocycles. The molecule has 0 aliphatic carbocycles. The van der Waals surface area contributed by atoms with Crippen LogP contribution in [0.1, 0.15) is 31.3 Å². The SMILES string of the molecule is CCn1c(SCC(=O)Nc2cccc3ccccc23)nnc1C(C)Oc1cccc(C)c1. The van der Waals surface area contributed by atoms with Gasteiger partial charge >= 0.3 is 0 Å². The van der Waals surface area contributed by atoms with Crippen LogP contribution in [0.25, 0.3) is 10.8 Å². The van der Waals surface area contributed by atoms with Crippen molar-refractivity contribution in [3.63, 3.8) is 0 Å². The van der Waals surface area contributed by atoms with Gasteiger partial charge in [0, 0.05) is 17.6 Å². The Bertz CT molecular complexity index is 1230. The van der Waals surface area contributed by atoms with Crippen molar-refractivity contribution in [1.82, 2.24) is 14.8 Å². The molecule has 1 N–H and O–H groups in total. The largest absolute Gasteiger partial charge is 0.483 e. The summed E-state index contributed by atoms with van der Waals surface area (Å²) >= 11 is 1.37. The number of hydrogen-bond acceptors (Lipinski definition) is 5. The number of carbonyl (C=O) groups is 1. The highest BCUT2D eigenvalue weighted by molar-refractivity contribution is 7.99. The van der Waals surface area contributed by atoms with Crippen molar-refractivity contribution in [1.29, 1.82) is 0 Å². The van der Waals surface area contributed by atoms with E-state index in [0.29, 0.717) is 11.7 Å². The normalized spacial score (nSPS) is 12.0. The van der Waals surface area contributed by atoms with E-state index < -0.39 is 0 Å². The number of rotatable bonds is 8. The van der Waals surface area contributed by atoms with E-state index in [9.17, 15) is 4.79 Å². The van der Waals surface area contributed by atoms with Crippen LogP contribution in [0.5, 0.6) is 5.75 Å². The minimum Gasteiger partial charge on any atom is -0.483 e. The topological polar surface area (TPSA) is 69.0 Å². The number of benzene rings is 3. The Balaban J connectivity index is 1.42. The summed E-state index contributed by atoms with van der Waals surface area (Å²) in [5.41, 5.74) is 1.95. The molecule has 1 atom stereocenters. The number of fused-ring (bicyclic) bond motifs is 1. The molecule has 0 spiro atoms. The number of thioether (sulfide) groups is 1. The Morgan fingerprint density at radius 2 is 1.88 bits per heavy atom. The summed E-state index contributed by atoms with van der Waals surface area (Å²) in [5, 5.41) is 14.5. The Morgan fingerprint density at radius 3 is 2.69 bits per heavy atom. The van der Waals surface area contributed by atoms with Crippen LogP contribution in [0.4, 0.5) is 5.69 Å². The average molecular weight is 447 g/mol. The first-order valence-corrected chi connectivity index (χ1v) is 11.6. The van der Waals surface area contributed by atoms with Crippen LogP contribution in [0, 0.1) is 6.92 Å². The number of amides is 1. The standard InChI is InChI=1S/C25H26N4O2S/c1-4-29-24(18(3)31-20-12-7-9-17(2)15-20)27-28-25(29)32-16-23(30)26-22-14-8-11-19-10-5-6-13-21(19)22/h5-15,18H,4,16H2,1-3H3,(H,26,30). The summed E-state index contributed by atoms with van der Waals surface area (Å²) < 4.78 is 8.07. The molecule has 0 radical (unpaired) electrons. The second kappa shape index (κ2) is 9.87.